The molecule has 0 radical (unpaired) electrons. The van der Waals surface area contributed by atoms with Gasteiger partial charge in [0.25, 0.3) is 0 Å². The third-order valence-corrected chi connectivity index (χ3v) is 5.61. The third kappa shape index (κ3) is 1.99. The van der Waals surface area contributed by atoms with Crippen LogP contribution < -0.4 is 5.32 Å². The van der Waals surface area contributed by atoms with Crippen molar-refractivity contribution in [1.29, 1.82) is 0 Å². The second kappa shape index (κ2) is 4.88. The fourth-order valence-corrected chi connectivity index (χ4v) is 4.41. The van der Waals surface area contributed by atoms with Crippen LogP contribution in [0.15, 0.2) is 47.1 Å². The fourth-order valence-electron chi connectivity index (χ4n) is 4.41. The second-order valence-corrected chi connectivity index (χ2v) is 7.06. The van der Waals surface area contributed by atoms with E-state index in [0.717, 1.165) is 11.7 Å². The summed E-state index contributed by atoms with van der Waals surface area (Å²) in [5.41, 5.74) is 2.77. The van der Waals surface area contributed by atoms with Gasteiger partial charge in [0.15, 0.2) is 0 Å². The smallest absolute Gasteiger partial charge is 0.126 e. The van der Waals surface area contributed by atoms with Gasteiger partial charge in [-0.3, -0.25) is 4.90 Å². The number of furan rings is 1. The zero-order chi connectivity index (χ0) is 14.5. The molecule has 1 N–H and O–H groups in total. The Hall–Kier alpha value is -1.74. The van der Waals surface area contributed by atoms with Crippen LogP contribution in [0.5, 0.6) is 0 Å². The molecule has 22 heavy (non-hydrogen) atoms. The number of para-hydroxylation sites is 1. The Morgan fingerprint density at radius 2 is 2.00 bits per heavy atom. The van der Waals surface area contributed by atoms with E-state index in [0.29, 0.717) is 18.0 Å². The molecule has 0 amide bonds. The van der Waals surface area contributed by atoms with Crippen molar-refractivity contribution < 1.29 is 4.42 Å². The molecule has 3 unspecified atom stereocenters. The lowest BCUT2D eigenvalue weighted by molar-refractivity contribution is 0.199. The Kier molecular flexibility index (Phi) is 2.83. The fraction of sp³-hybridized carbons (Fsp3) is 0.474. The maximum absolute atomic E-state index is 5.74. The van der Waals surface area contributed by atoms with Crippen LogP contribution in [-0.2, 0) is 0 Å². The summed E-state index contributed by atoms with van der Waals surface area (Å²) in [5, 5.41) is 3.74. The topological polar surface area (TPSA) is 28.4 Å². The maximum atomic E-state index is 5.74. The molecule has 0 bridgehead atoms. The minimum absolute atomic E-state index is 0.305. The maximum Gasteiger partial charge on any atom is 0.126 e. The summed E-state index contributed by atoms with van der Waals surface area (Å²) in [6.07, 6.45) is 5.90. The molecule has 3 heterocycles. The van der Waals surface area contributed by atoms with Gasteiger partial charge < -0.3 is 9.73 Å². The Balaban J connectivity index is 1.55. The van der Waals surface area contributed by atoms with Gasteiger partial charge in [0, 0.05) is 24.2 Å². The molecule has 1 aromatic heterocycles. The first kappa shape index (κ1) is 12.8. The predicted octanol–water partition coefficient (Wildman–Crippen LogP) is 4.22. The molecule has 5 rings (SSSR count). The highest BCUT2D eigenvalue weighted by molar-refractivity contribution is 5.57. The standard InChI is InChI=1S/C19H22N2O/c1-2-5-16-14(4-1)19-15(9-10-21(19)12-13-7-8-13)18(20-16)17-6-3-11-22-17/h1-6,11,13,15,18-20H,7-10,12H2. The first-order valence-corrected chi connectivity index (χ1v) is 8.53. The van der Waals surface area contributed by atoms with Gasteiger partial charge in [0.1, 0.15) is 5.76 Å². The van der Waals surface area contributed by atoms with Crippen LogP contribution in [0.4, 0.5) is 5.69 Å². The zero-order valence-electron chi connectivity index (χ0n) is 12.7. The molecule has 2 fully saturated rings. The van der Waals surface area contributed by atoms with Gasteiger partial charge >= 0.3 is 0 Å². The Bertz CT molecular complexity index is 662. The van der Waals surface area contributed by atoms with Gasteiger partial charge in [-0.1, -0.05) is 18.2 Å². The highest BCUT2D eigenvalue weighted by atomic mass is 16.3. The molecule has 1 aliphatic carbocycles. The van der Waals surface area contributed by atoms with E-state index in [2.05, 4.69) is 40.5 Å². The van der Waals surface area contributed by atoms with Crippen LogP contribution in [0.1, 0.15) is 42.7 Å². The highest BCUT2D eigenvalue weighted by Crippen LogP contribution is 2.52. The number of fused-ring (bicyclic) bond motifs is 3. The average molecular weight is 294 g/mol. The van der Waals surface area contributed by atoms with Crippen molar-refractivity contribution in [3.05, 3.63) is 54.0 Å². The summed E-state index contributed by atoms with van der Waals surface area (Å²) in [4.78, 5) is 2.73. The molecular weight excluding hydrogens is 272 g/mol. The van der Waals surface area contributed by atoms with Crippen molar-refractivity contribution in [3.63, 3.8) is 0 Å². The van der Waals surface area contributed by atoms with E-state index in [1.165, 1.54) is 43.6 Å². The molecule has 1 saturated heterocycles. The zero-order valence-corrected chi connectivity index (χ0v) is 12.7. The molecule has 3 nitrogen and oxygen atoms in total. The SMILES string of the molecule is c1coc(C2Nc3ccccc3C3C2CCN3CC2CC2)c1. The number of rotatable bonds is 3. The van der Waals surface area contributed by atoms with Crippen LogP contribution in [0.2, 0.25) is 0 Å². The number of benzene rings is 1. The monoisotopic (exact) mass is 294 g/mol. The van der Waals surface area contributed by atoms with E-state index >= 15 is 0 Å². The molecular formula is C19H22N2O. The molecule has 0 spiro atoms. The summed E-state index contributed by atoms with van der Waals surface area (Å²) in [5.74, 6) is 2.64. The molecule has 2 aliphatic heterocycles. The highest BCUT2D eigenvalue weighted by Gasteiger charge is 2.46. The molecule has 114 valence electrons. The molecule has 1 saturated carbocycles. The Labute approximate surface area is 131 Å². The van der Waals surface area contributed by atoms with Crippen molar-refractivity contribution in [2.24, 2.45) is 11.8 Å². The minimum Gasteiger partial charge on any atom is -0.467 e. The number of nitrogens with one attached hydrogen (secondary N) is 1. The van der Waals surface area contributed by atoms with Crippen molar-refractivity contribution in [3.8, 4) is 0 Å². The van der Waals surface area contributed by atoms with E-state index in [1.54, 1.807) is 6.26 Å². The summed E-state index contributed by atoms with van der Waals surface area (Å²) in [7, 11) is 0. The Morgan fingerprint density at radius 3 is 2.82 bits per heavy atom. The van der Waals surface area contributed by atoms with Gasteiger partial charge in [-0.05, 0) is 55.5 Å². The van der Waals surface area contributed by atoms with E-state index in [4.69, 9.17) is 4.42 Å². The van der Waals surface area contributed by atoms with E-state index < -0.39 is 0 Å². The van der Waals surface area contributed by atoms with Gasteiger partial charge in [0.05, 0.1) is 12.3 Å². The van der Waals surface area contributed by atoms with Gasteiger partial charge in [-0.25, -0.2) is 0 Å². The predicted molar refractivity (Wildman–Crippen MR) is 86.7 cm³/mol. The molecule has 2 aromatic rings. The lowest BCUT2D eigenvalue weighted by Gasteiger charge is -2.39. The van der Waals surface area contributed by atoms with Crippen LogP contribution in [0.25, 0.3) is 0 Å². The average Bonchev–Trinajstić information content (AvgIpc) is 3.03. The number of anilines is 1. The van der Waals surface area contributed by atoms with Crippen molar-refractivity contribution in [1.82, 2.24) is 4.90 Å². The second-order valence-electron chi connectivity index (χ2n) is 7.06. The van der Waals surface area contributed by atoms with Crippen molar-refractivity contribution in [2.75, 3.05) is 18.4 Å². The molecule has 1 aromatic carbocycles. The van der Waals surface area contributed by atoms with Crippen molar-refractivity contribution >= 4 is 5.69 Å². The molecule has 3 atom stereocenters. The minimum atomic E-state index is 0.305. The summed E-state index contributed by atoms with van der Waals surface area (Å²) in [6.45, 7) is 2.50. The van der Waals surface area contributed by atoms with E-state index in [1.807, 2.05) is 6.07 Å². The van der Waals surface area contributed by atoms with Gasteiger partial charge in [-0.15, -0.1) is 0 Å². The summed E-state index contributed by atoms with van der Waals surface area (Å²) < 4.78 is 5.74. The Morgan fingerprint density at radius 1 is 1.09 bits per heavy atom. The van der Waals surface area contributed by atoms with E-state index in [9.17, 15) is 0 Å². The largest absolute Gasteiger partial charge is 0.467 e. The van der Waals surface area contributed by atoms with Crippen LogP contribution in [0.3, 0.4) is 0 Å². The number of hydrogen-bond acceptors (Lipinski definition) is 3. The number of hydrogen-bond donors (Lipinski definition) is 1. The number of nitrogens with zero attached hydrogens (tertiary/aromatic N) is 1. The van der Waals surface area contributed by atoms with Crippen LogP contribution >= 0.6 is 0 Å². The van der Waals surface area contributed by atoms with Crippen LogP contribution in [0, 0.1) is 11.8 Å². The molecule has 3 heteroatoms. The van der Waals surface area contributed by atoms with Gasteiger partial charge in [0.2, 0.25) is 0 Å². The summed E-state index contributed by atoms with van der Waals surface area (Å²) in [6, 6.07) is 13.8. The normalized spacial score (nSPS) is 30.6. The van der Waals surface area contributed by atoms with Crippen molar-refractivity contribution in [2.45, 2.75) is 31.3 Å². The van der Waals surface area contributed by atoms with Gasteiger partial charge in [-0.2, -0.15) is 0 Å². The van der Waals surface area contributed by atoms with Crippen LogP contribution in [-0.4, -0.2) is 18.0 Å². The van der Waals surface area contributed by atoms with E-state index in [-0.39, 0.29) is 0 Å². The molecule has 3 aliphatic rings. The lowest BCUT2D eigenvalue weighted by Crippen LogP contribution is -2.35. The summed E-state index contributed by atoms with van der Waals surface area (Å²) >= 11 is 0. The third-order valence-electron chi connectivity index (χ3n) is 5.61. The first-order valence-electron chi connectivity index (χ1n) is 8.53. The lowest BCUT2D eigenvalue weighted by atomic mass is 9.82. The number of likely N-dealkylation sites (tertiary alicyclic amines) is 1. The first-order chi connectivity index (χ1) is 10.9. The quantitative estimate of drug-likeness (QED) is 0.918.